The van der Waals surface area contributed by atoms with Crippen molar-refractivity contribution in [1.29, 1.82) is 5.26 Å². The Balaban J connectivity index is 1.46. The maximum absolute atomic E-state index is 14.9. The lowest BCUT2D eigenvalue weighted by Crippen LogP contribution is -2.50. The van der Waals surface area contributed by atoms with Crippen LogP contribution in [0.15, 0.2) is 35.6 Å². The maximum Gasteiger partial charge on any atom is 0.260 e. The van der Waals surface area contributed by atoms with Gasteiger partial charge in [0.2, 0.25) is 11.8 Å². The van der Waals surface area contributed by atoms with Crippen LogP contribution in [0.4, 0.5) is 19.1 Å². The Hall–Kier alpha value is -3.02. The highest BCUT2D eigenvalue weighted by molar-refractivity contribution is 7.89. The number of piperidine rings is 1. The lowest BCUT2D eigenvalue weighted by molar-refractivity contribution is -0.0406. The van der Waals surface area contributed by atoms with Crippen LogP contribution in [0.2, 0.25) is 0 Å². The van der Waals surface area contributed by atoms with Crippen molar-refractivity contribution in [2.45, 2.75) is 61.1 Å². The molecule has 0 amide bonds. The first-order valence-corrected chi connectivity index (χ1v) is 12.2. The van der Waals surface area contributed by atoms with E-state index in [2.05, 4.69) is 20.3 Å². The van der Waals surface area contributed by atoms with E-state index in [0.29, 0.717) is 0 Å². The van der Waals surface area contributed by atoms with E-state index in [9.17, 15) is 32.0 Å². The van der Waals surface area contributed by atoms with Crippen molar-refractivity contribution in [2.24, 2.45) is 0 Å². The molecule has 1 aliphatic carbocycles. The minimum atomic E-state index is -3.96. The summed E-state index contributed by atoms with van der Waals surface area (Å²) in [6.45, 7) is 0.804. The second-order valence-corrected chi connectivity index (χ2v) is 10.7. The number of rotatable bonds is 6. The van der Waals surface area contributed by atoms with Crippen LogP contribution in [-0.2, 0) is 10.0 Å². The zero-order chi connectivity index (χ0) is 25.4. The summed E-state index contributed by atoms with van der Waals surface area (Å²) in [5.41, 5.74) is -1.99. The van der Waals surface area contributed by atoms with Crippen molar-refractivity contribution in [2.75, 3.05) is 18.4 Å². The molecule has 35 heavy (non-hydrogen) atoms. The van der Waals surface area contributed by atoms with E-state index in [0.717, 1.165) is 10.5 Å². The van der Waals surface area contributed by atoms with E-state index >= 15 is 0 Å². The molecular formula is C21H23F3N6O4S. The van der Waals surface area contributed by atoms with Crippen molar-refractivity contribution >= 4 is 16.0 Å². The van der Waals surface area contributed by atoms with E-state index in [1.54, 1.807) is 12.1 Å². The minimum absolute atomic E-state index is 0.0106. The van der Waals surface area contributed by atoms with Crippen molar-refractivity contribution in [3.8, 4) is 11.9 Å². The fourth-order valence-electron chi connectivity index (χ4n) is 4.16. The van der Waals surface area contributed by atoms with Crippen LogP contribution in [0.3, 0.4) is 0 Å². The summed E-state index contributed by atoms with van der Waals surface area (Å²) in [6.07, 6.45) is -1.99. The molecule has 0 unspecified atom stereocenters. The summed E-state index contributed by atoms with van der Waals surface area (Å²) in [6, 6.07) is 5.36. The minimum Gasteiger partial charge on any atom is -0.470 e. The zero-order valence-electron chi connectivity index (χ0n) is 18.6. The molecule has 188 valence electrons. The predicted octanol–water partition coefficient (Wildman–Crippen LogP) is 1.88. The number of pyridine rings is 1. The number of nitriles is 1. The third-order valence-electron chi connectivity index (χ3n) is 5.98. The number of aromatic nitrogens is 3. The van der Waals surface area contributed by atoms with Crippen molar-refractivity contribution in [3.05, 3.63) is 36.2 Å². The molecule has 1 saturated carbocycles. The van der Waals surface area contributed by atoms with E-state index in [4.69, 9.17) is 4.74 Å². The first kappa shape index (κ1) is 25.1. The molecular weight excluding hydrogens is 489 g/mol. The van der Waals surface area contributed by atoms with E-state index < -0.39 is 59.3 Å². The maximum atomic E-state index is 14.9. The Kier molecular flexibility index (Phi) is 6.60. The molecule has 1 saturated heterocycles. The quantitative estimate of drug-likeness (QED) is 0.593. The largest absolute Gasteiger partial charge is 0.470 e. The summed E-state index contributed by atoms with van der Waals surface area (Å²) < 4.78 is 74.4. The van der Waals surface area contributed by atoms with Crippen LogP contribution in [0.25, 0.3) is 0 Å². The van der Waals surface area contributed by atoms with Gasteiger partial charge in [-0.1, -0.05) is 6.07 Å². The van der Waals surface area contributed by atoms with E-state index in [-0.39, 0.29) is 35.4 Å². The highest BCUT2D eigenvalue weighted by Gasteiger charge is 2.54. The number of halogens is 3. The van der Waals surface area contributed by atoms with Crippen molar-refractivity contribution < 1.29 is 31.4 Å². The van der Waals surface area contributed by atoms with Crippen LogP contribution in [-0.4, -0.2) is 75.7 Å². The van der Waals surface area contributed by atoms with Gasteiger partial charge in [0.1, 0.15) is 29.5 Å². The SMILES string of the molecule is C[C@]1(O)CC(F)(F)C[C@H]1Oc1nc(N[C@H]2CCN(S(=O)(=O)c3ccccn3)C[C@H]2F)ncc1C#N. The summed E-state index contributed by atoms with van der Waals surface area (Å²) in [4.78, 5) is 11.8. The second-order valence-electron chi connectivity index (χ2n) is 8.81. The molecule has 3 heterocycles. The van der Waals surface area contributed by atoms with Gasteiger partial charge in [-0.2, -0.15) is 14.6 Å². The van der Waals surface area contributed by atoms with Crippen LogP contribution in [0.5, 0.6) is 5.88 Å². The number of hydrogen-bond acceptors (Lipinski definition) is 9. The van der Waals surface area contributed by atoms with Gasteiger partial charge in [-0.05, 0) is 25.5 Å². The molecule has 4 rings (SSSR count). The molecule has 0 spiro atoms. The zero-order valence-corrected chi connectivity index (χ0v) is 19.4. The van der Waals surface area contributed by atoms with Gasteiger partial charge in [-0.3, -0.25) is 0 Å². The molecule has 2 aromatic rings. The summed E-state index contributed by atoms with van der Waals surface area (Å²) in [5.74, 6) is -3.59. The molecule has 0 aromatic carbocycles. The van der Waals surface area contributed by atoms with Crippen LogP contribution < -0.4 is 10.1 Å². The molecule has 2 aromatic heterocycles. The fraction of sp³-hybridized carbons (Fsp3) is 0.524. The molecule has 1 aliphatic heterocycles. The average Bonchev–Trinajstić information content (AvgIpc) is 3.01. The molecule has 2 fully saturated rings. The second kappa shape index (κ2) is 9.21. The average molecular weight is 513 g/mol. The normalized spacial score (nSPS) is 28.9. The van der Waals surface area contributed by atoms with Crippen molar-refractivity contribution in [3.63, 3.8) is 0 Å². The van der Waals surface area contributed by atoms with Crippen LogP contribution >= 0.6 is 0 Å². The van der Waals surface area contributed by atoms with Gasteiger partial charge >= 0.3 is 0 Å². The predicted molar refractivity (Wildman–Crippen MR) is 116 cm³/mol. The van der Waals surface area contributed by atoms with Gasteiger partial charge in [0.15, 0.2) is 5.03 Å². The Morgan fingerprint density at radius 2 is 2.11 bits per heavy atom. The summed E-state index contributed by atoms with van der Waals surface area (Å²) in [5, 5.41) is 22.2. The smallest absolute Gasteiger partial charge is 0.260 e. The number of sulfonamides is 1. The Morgan fingerprint density at radius 1 is 1.34 bits per heavy atom. The number of ether oxygens (including phenoxy) is 1. The first-order valence-electron chi connectivity index (χ1n) is 10.8. The third kappa shape index (κ3) is 5.31. The summed E-state index contributed by atoms with van der Waals surface area (Å²) in [7, 11) is -3.96. The fourth-order valence-corrected chi connectivity index (χ4v) is 5.56. The van der Waals surface area contributed by atoms with Crippen LogP contribution in [0, 0.1) is 11.3 Å². The lowest BCUT2D eigenvalue weighted by Gasteiger charge is -2.34. The van der Waals surface area contributed by atoms with Crippen LogP contribution in [0.1, 0.15) is 31.7 Å². The van der Waals surface area contributed by atoms with Gasteiger partial charge in [-0.15, -0.1) is 0 Å². The van der Waals surface area contributed by atoms with E-state index in [1.807, 2.05) is 0 Å². The molecule has 14 heteroatoms. The Bertz CT molecular complexity index is 1230. The molecule has 10 nitrogen and oxygen atoms in total. The van der Waals surface area contributed by atoms with Gasteiger partial charge in [0.05, 0.1) is 18.7 Å². The number of nitrogens with zero attached hydrogens (tertiary/aromatic N) is 5. The molecule has 0 bridgehead atoms. The van der Waals surface area contributed by atoms with Crippen molar-refractivity contribution in [1.82, 2.24) is 19.3 Å². The van der Waals surface area contributed by atoms with Gasteiger partial charge in [0, 0.05) is 25.7 Å². The van der Waals surface area contributed by atoms with E-state index in [1.165, 1.54) is 25.3 Å². The van der Waals surface area contributed by atoms with Gasteiger partial charge < -0.3 is 15.2 Å². The standard InChI is InChI=1S/C21H23F3N6O4S/c1-20(31)12-21(23,24)8-16(20)34-18-13(9-25)10-27-19(29-18)28-15-5-7-30(11-14(15)22)35(32,33)17-4-2-3-6-26-17/h2-4,6,10,14-16,31H,5,7-8,11-12H2,1H3,(H,27,28,29)/t14-,15+,16-,20+/m1/s1. The lowest BCUT2D eigenvalue weighted by atomic mass is 10.0. The van der Waals surface area contributed by atoms with Gasteiger partial charge in [-0.25, -0.2) is 31.6 Å². The third-order valence-corrected chi connectivity index (χ3v) is 7.76. The number of anilines is 1. The number of hydrogen-bond donors (Lipinski definition) is 2. The molecule has 2 N–H and O–H groups in total. The highest BCUT2D eigenvalue weighted by atomic mass is 32.2. The van der Waals surface area contributed by atoms with Gasteiger partial charge in [0.25, 0.3) is 15.9 Å². The summed E-state index contributed by atoms with van der Waals surface area (Å²) >= 11 is 0. The first-order chi connectivity index (χ1) is 16.4. The monoisotopic (exact) mass is 512 g/mol. The molecule has 0 radical (unpaired) electrons. The number of nitrogens with one attached hydrogen (secondary N) is 1. The Labute approximate surface area is 199 Å². The molecule has 4 atom stereocenters. The molecule has 2 aliphatic rings. The topological polar surface area (TPSA) is 141 Å². The highest BCUT2D eigenvalue weighted by Crippen LogP contribution is 2.43. The number of aliphatic hydroxyl groups is 1. The number of alkyl halides is 3. The Morgan fingerprint density at radius 3 is 2.71 bits per heavy atom.